The SMILES string of the molecule is CC(=O)Nc1ccc(NC2CCC(O)CC2)cc1. The lowest BCUT2D eigenvalue weighted by Gasteiger charge is -2.27. The number of hydrogen-bond acceptors (Lipinski definition) is 3. The summed E-state index contributed by atoms with van der Waals surface area (Å²) in [4.78, 5) is 10.9. The molecule has 0 radical (unpaired) electrons. The van der Waals surface area contributed by atoms with Crippen molar-refractivity contribution >= 4 is 17.3 Å². The number of hydrogen-bond donors (Lipinski definition) is 3. The number of anilines is 2. The van der Waals surface area contributed by atoms with Gasteiger partial charge in [0.25, 0.3) is 0 Å². The van der Waals surface area contributed by atoms with Gasteiger partial charge in [0.2, 0.25) is 5.91 Å². The first-order valence-electron chi connectivity index (χ1n) is 6.46. The second-order valence-corrected chi connectivity index (χ2v) is 4.91. The molecule has 0 aliphatic heterocycles. The summed E-state index contributed by atoms with van der Waals surface area (Å²) in [7, 11) is 0. The fraction of sp³-hybridized carbons (Fsp3) is 0.500. The highest BCUT2D eigenvalue weighted by Crippen LogP contribution is 2.22. The quantitative estimate of drug-likeness (QED) is 0.769. The molecule has 4 heteroatoms. The van der Waals surface area contributed by atoms with Gasteiger partial charge in [-0.05, 0) is 49.9 Å². The maximum atomic E-state index is 10.9. The molecule has 0 saturated heterocycles. The van der Waals surface area contributed by atoms with Gasteiger partial charge in [0, 0.05) is 24.3 Å². The van der Waals surface area contributed by atoms with E-state index in [1.807, 2.05) is 24.3 Å². The van der Waals surface area contributed by atoms with Crippen LogP contribution in [0.3, 0.4) is 0 Å². The van der Waals surface area contributed by atoms with E-state index in [1.165, 1.54) is 6.92 Å². The minimum atomic E-state index is -0.120. The lowest BCUT2D eigenvalue weighted by molar-refractivity contribution is -0.114. The fourth-order valence-corrected chi connectivity index (χ4v) is 2.31. The third-order valence-electron chi connectivity index (χ3n) is 3.27. The van der Waals surface area contributed by atoms with Crippen LogP contribution in [0, 0.1) is 0 Å². The Bertz CT molecular complexity index is 395. The van der Waals surface area contributed by atoms with E-state index in [0.29, 0.717) is 6.04 Å². The van der Waals surface area contributed by atoms with Crippen molar-refractivity contribution in [2.75, 3.05) is 10.6 Å². The van der Waals surface area contributed by atoms with Crippen LogP contribution in [0.25, 0.3) is 0 Å². The molecule has 98 valence electrons. The first-order chi connectivity index (χ1) is 8.63. The lowest BCUT2D eigenvalue weighted by Crippen LogP contribution is -2.28. The monoisotopic (exact) mass is 248 g/mol. The van der Waals surface area contributed by atoms with Gasteiger partial charge >= 0.3 is 0 Å². The highest BCUT2D eigenvalue weighted by molar-refractivity contribution is 5.88. The van der Waals surface area contributed by atoms with Crippen LogP contribution in [0.5, 0.6) is 0 Å². The summed E-state index contributed by atoms with van der Waals surface area (Å²) in [5.74, 6) is -0.0584. The van der Waals surface area contributed by atoms with E-state index in [9.17, 15) is 9.90 Å². The summed E-state index contributed by atoms with van der Waals surface area (Å²) in [5.41, 5.74) is 1.87. The summed E-state index contributed by atoms with van der Waals surface area (Å²) in [6, 6.07) is 8.16. The zero-order chi connectivity index (χ0) is 13.0. The molecular weight excluding hydrogens is 228 g/mol. The molecule has 0 aromatic heterocycles. The van der Waals surface area contributed by atoms with Gasteiger partial charge in [0.05, 0.1) is 6.10 Å². The highest BCUT2D eigenvalue weighted by Gasteiger charge is 2.18. The minimum Gasteiger partial charge on any atom is -0.393 e. The number of rotatable bonds is 3. The van der Waals surface area contributed by atoms with Crippen LogP contribution in [0.2, 0.25) is 0 Å². The predicted molar refractivity (Wildman–Crippen MR) is 72.6 cm³/mol. The zero-order valence-corrected chi connectivity index (χ0v) is 10.6. The number of carbonyl (C=O) groups excluding carboxylic acids is 1. The maximum absolute atomic E-state index is 10.9. The summed E-state index contributed by atoms with van der Waals surface area (Å²) >= 11 is 0. The molecule has 0 spiro atoms. The molecule has 0 bridgehead atoms. The molecular formula is C14H20N2O2. The topological polar surface area (TPSA) is 61.4 Å². The van der Waals surface area contributed by atoms with Crippen LogP contribution in [0.1, 0.15) is 32.6 Å². The van der Waals surface area contributed by atoms with Gasteiger partial charge in [-0.3, -0.25) is 4.79 Å². The van der Waals surface area contributed by atoms with Gasteiger partial charge in [0.1, 0.15) is 0 Å². The van der Waals surface area contributed by atoms with Gasteiger partial charge in [-0.1, -0.05) is 0 Å². The van der Waals surface area contributed by atoms with Crippen LogP contribution >= 0.6 is 0 Å². The number of aliphatic hydroxyl groups is 1. The third kappa shape index (κ3) is 3.74. The van der Waals surface area contributed by atoms with E-state index in [1.54, 1.807) is 0 Å². The van der Waals surface area contributed by atoms with Crippen LogP contribution in [-0.2, 0) is 4.79 Å². The van der Waals surface area contributed by atoms with Crippen LogP contribution < -0.4 is 10.6 Å². The first-order valence-corrected chi connectivity index (χ1v) is 6.46. The average molecular weight is 248 g/mol. The zero-order valence-electron chi connectivity index (χ0n) is 10.6. The van der Waals surface area contributed by atoms with E-state index in [2.05, 4.69) is 10.6 Å². The average Bonchev–Trinajstić information content (AvgIpc) is 2.34. The van der Waals surface area contributed by atoms with Gasteiger partial charge < -0.3 is 15.7 Å². The van der Waals surface area contributed by atoms with Crippen LogP contribution in [-0.4, -0.2) is 23.2 Å². The molecule has 2 rings (SSSR count). The molecule has 1 fully saturated rings. The van der Waals surface area contributed by atoms with Gasteiger partial charge in [-0.25, -0.2) is 0 Å². The van der Waals surface area contributed by atoms with Crippen LogP contribution in [0.15, 0.2) is 24.3 Å². The number of nitrogens with one attached hydrogen (secondary N) is 2. The summed E-state index contributed by atoms with van der Waals surface area (Å²) in [6.07, 6.45) is 3.65. The van der Waals surface area contributed by atoms with Gasteiger partial charge in [-0.15, -0.1) is 0 Å². The smallest absolute Gasteiger partial charge is 0.221 e. The van der Waals surface area contributed by atoms with Crippen molar-refractivity contribution in [1.82, 2.24) is 0 Å². The summed E-state index contributed by atoms with van der Waals surface area (Å²) < 4.78 is 0. The van der Waals surface area contributed by atoms with Crippen molar-refractivity contribution in [1.29, 1.82) is 0 Å². The number of carbonyl (C=O) groups is 1. The largest absolute Gasteiger partial charge is 0.393 e. The maximum Gasteiger partial charge on any atom is 0.221 e. The lowest BCUT2D eigenvalue weighted by atomic mass is 9.93. The number of aliphatic hydroxyl groups excluding tert-OH is 1. The van der Waals surface area contributed by atoms with E-state index in [-0.39, 0.29) is 12.0 Å². The molecule has 1 aromatic rings. The third-order valence-corrected chi connectivity index (χ3v) is 3.27. The standard InChI is InChI=1S/C14H20N2O2/c1-10(17)15-11-2-4-12(5-3-11)16-13-6-8-14(18)9-7-13/h2-5,13-14,16,18H,6-9H2,1H3,(H,15,17). The second-order valence-electron chi connectivity index (χ2n) is 4.91. The number of amides is 1. The van der Waals surface area contributed by atoms with E-state index >= 15 is 0 Å². The molecule has 0 unspecified atom stereocenters. The Morgan fingerprint density at radius 1 is 1.11 bits per heavy atom. The van der Waals surface area contributed by atoms with Crippen molar-refractivity contribution < 1.29 is 9.90 Å². The Hall–Kier alpha value is -1.55. The van der Waals surface area contributed by atoms with Crippen molar-refractivity contribution in [3.8, 4) is 0 Å². The Kier molecular flexibility index (Phi) is 4.20. The van der Waals surface area contributed by atoms with E-state index < -0.39 is 0 Å². The molecule has 1 aliphatic carbocycles. The Balaban J connectivity index is 1.88. The number of benzene rings is 1. The van der Waals surface area contributed by atoms with E-state index in [0.717, 1.165) is 37.1 Å². The van der Waals surface area contributed by atoms with E-state index in [4.69, 9.17) is 0 Å². The molecule has 4 nitrogen and oxygen atoms in total. The molecule has 1 aliphatic rings. The normalized spacial score (nSPS) is 23.4. The molecule has 0 heterocycles. The highest BCUT2D eigenvalue weighted by atomic mass is 16.3. The first kappa shape index (κ1) is 12.9. The van der Waals surface area contributed by atoms with Crippen molar-refractivity contribution in [2.45, 2.75) is 44.8 Å². The van der Waals surface area contributed by atoms with Crippen LogP contribution in [0.4, 0.5) is 11.4 Å². The Morgan fingerprint density at radius 3 is 2.22 bits per heavy atom. The summed E-state index contributed by atoms with van der Waals surface area (Å²) in [6.45, 7) is 1.50. The Morgan fingerprint density at radius 2 is 1.67 bits per heavy atom. The Labute approximate surface area is 107 Å². The molecule has 18 heavy (non-hydrogen) atoms. The molecule has 1 amide bonds. The second kappa shape index (κ2) is 5.87. The molecule has 1 aromatic carbocycles. The molecule has 0 atom stereocenters. The minimum absolute atomic E-state index is 0.0584. The van der Waals surface area contributed by atoms with Gasteiger partial charge in [-0.2, -0.15) is 0 Å². The molecule has 1 saturated carbocycles. The van der Waals surface area contributed by atoms with Crippen molar-refractivity contribution in [3.05, 3.63) is 24.3 Å². The predicted octanol–water partition coefficient (Wildman–Crippen LogP) is 2.36. The fourth-order valence-electron chi connectivity index (χ4n) is 2.31. The van der Waals surface area contributed by atoms with Crippen molar-refractivity contribution in [2.24, 2.45) is 0 Å². The molecule has 3 N–H and O–H groups in total. The summed E-state index contributed by atoms with van der Waals surface area (Å²) in [5, 5.41) is 15.6. The van der Waals surface area contributed by atoms with Gasteiger partial charge in [0.15, 0.2) is 0 Å². The van der Waals surface area contributed by atoms with Crippen molar-refractivity contribution in [3.63, 3.8) is 0 Å².